The second-order valence-electron chi connectivity index (χ2n) is 22.4. The lowest BCUT2D eigenvalue weighted by Crippen LogP contribution is -2.61. The number of benzene rings is 9. The van der Waals surface area contributed by atoms with Gasteiger partial charge in [-0.25, -0.2) is 0 Å². The van der Waals surface area contributed by atoms with Crippen molar-refractivity contribution in [2.45, 2.75) is 65.2 Å². The van der Waals surface area contributed by atoms with Crippen LogP contribution in [-0.2, 0) is 17.3 Å². The molecule has 0 amide bonds. The second-order valence-corrected chi connectivity index (χ2v) is 22.4. The second kappa shape index (κ2) is 16.5. The van der Waals surface area contributed by atoms with Crippen molar-refractivity contribution < 1.29 is 8.83 Å². The van der Waals surface area contributed by atoms with Crippen molar-refractivity contribution in [3.8, 4) is 0 Å². The van der Waals surface area contributed by atoms with E-state index < -0.39 is 0 Å². The first-order valence-electron chi connectivity index (χ1n) is 26.2. The minimum Gasteiger partial charge on any atom is -0.460 e. The summed E-state index contributed by atoms with van der Waals surface area (Å²) in [5, 5.41) is 3.41. The van der Waals surface area contributed by atoms with E-state index in [0.717, 1.165) is 80.2 Å². The number of hydrogen-bond acceptors (Lipinski definition) is 5. The van der Waals surface area contributed by atoms with E-state index in [1.807, 2.05) is 0 Å². The maximum absolute atomic E-state index is 6.70. The van der Waals surface area contributed by atoms with Crippen LogP contribution in [-0.4, -0.2) is 6.71 Å². The van der Waals surface area contributed by atoms with Crippen molar-refractivity contribution in [1.82, 2.24) is 0 Å². The van der Waals surface area contributed by atoms with E-state index in [1.54, 1.807) is 0 Å². The molecule has 74 heavy (non-hydrogen) atoms. The van der Waals surface area contributed by atoms with Crippen LogP contribution in [0.1, 0.15) is 76.0 Å². The average molecular weight is 958 g/mol. The summed E-state index contributed by atoms with van der Waals surface area (Å²) in [6.45, 7) is 13.9. The standard InChI is InChI=1S/C68H56BN3O2/c1-67(2,3)44-30-37-57-56(38-44)69-55-36-34-49(70(46-18-9-7-10-19-46)47-20-11-8-12-21-47)41-58(55)72(50-33-35-53-52-22-13-15-25-61(52)74-64(53)42-50)60-40-45(68(4,5)6)39-59(66(60)69)71(57)48-31-28-43(29-32-48)51-24-17-27-63-65(51)54-23-14-16-26-62(54)73-63/h7-16,18-26,28-42H,17,27H2,1-6H3. The minimum atomic E-state index is -0.181. The summed E-state index contributed by atoms with van der Waals surface area (Å²) < 4.78 is 13.1. The lowest BCUT2D eigenvalue weighted by atomic mass is 9.33. The Bertz CT molecular complexity index is 4020. The van der Waals surface area contributed by atoms with Crippen LogP contribution in [0.2, 0.25) is 0 Å². The predicted octanol–water partition coefficient (Wildman–Crippen LogP) is 16.9. The maximum Gasteiger partial charge on any atom is 0.252 e. The Labute approximate surface area is 433 Å². The third-order valence-corrected chi connectivity index (χ3v) is 15.8. The van der Waals surface area contributed by atoms with Gasteiger partial charge in [0.05, 0.1) is 0 Å². The van der Waals surface area contributed by atoms with E-state index in [1.165, 1.54) is 66.7 Å². The summed E-state index contributed by atoms with van der Waals surface area (Å²) in [7, 11) is 0. The van der Waals surface area contributed by atoms with E-state index in [2.05, 4.69) is 263 Å². The summed E-state index contributed by atoms with van der Waals surface area (Å²) in [5.41, 5.74) is 22.7. The Kier molecular flexibility index (Phi) is 9.88. The first-order chi connectivity index (χ1) is 36.0. The molecule has 2 aromatic heterocycles. The molecule has 9 aromatic carbocycles. The average Bonchev–Trinajstić information content (AvgIpc) is 4.01. The van der Waals surface area contributed by atoms with Crippen molar-refractivity contribution in [2.75, 3.05) is 14.7 Å². The van der Waals surface area contributed by atoms with Gasteiger partial charge in [0.25, 0.3) is 6.71 Å². The van der Waals surface area contributed by atoms with Gasteiger partial charge >= 0.3 is 0 Å². The summed E-state index contributed by atoms with van der Waals surface area (Å²) in [4.78, 5) is 7.47. The van der Waals surface area contributed by atoms with Crippen molar-refractivity contribution in [1.29, 1.82) is 0 Å². The molecule has 0 N–H and O–H groups in total. The molecule has 14 rings (SSSR count). The third kappa shape index (κ3) is 6.99. The number of nitrogens with zero attached hydrogens (tertiary/aromatic N) is 3. The Morgan fingerprint density at radius 1 is 0.446 bits per heavy atom. The molecule has 2 aliphatic heterocycles. The highest BCUT2D eigenvalue weighted by molar-refractivity contribution is 7.00. The van der Waals surface area contributed by atoms with Crippen LogP contribution < -0.4 is 31.1 Å². The minimum absolute atomic E-state index is 0.0702. The number of anilines is 9. The monoisotopic (exact) mass is 957 g/mol. The highest BCUT2D eigenvalue weighted by atomic mass is 16.3. The van der Waals surface area contributed by atoms with Gasteiger partial charge in [-0.1, -0.05) is 151 Å². The van der Waals surface area contributed by atoms with Gasteiger partial charge in [-0.2, -0.15) is 0 Å². The van der Waals surface area contributed by atoms with Crippen molar-refractivity contribution in [3.63, 3.8) is 0 Å². The molecular weight excluding hydrogens is 902 g/mol. The van der Waals surface area contributed by atoms with Gasteiger partial charge in [0.2, 0.25) is 0 Å². The number of furan rings is 2. The molecule has 0 spiro atoms. The first-order valence-corrected chi connectivity index (χ1v) is 26.2. The third-order valence-electron chi connectivity index (χ3n) is 15.8. The van der Waals surface area contributed by atoms with Crippen molar-refractivity contribution >= 4 is 113 Å². The van der Waals surface area contributed by atoms with Crippen LogP contribution in [0.3, 0.4) is 0 Å². The zero-order valence-electron chi connectivity index (χ0n) is 42.8. The fourth-order valence-corrected chi connectivity index (χ4v) is 12.1. The van der Waals surface area contributed by atoms with Crippen LogP contribution in [0.4, 0.5) is 51.2 Å². The van der Waals surface area contributed by atoms with E-state index >= 15 is 0 Å². The van der Waals surface area contributed by atoms with Gasteiger partial charge in [-0.05, 0) is 147 Å². The van der Waals surface area contributed by atoms with Crippen LogP contribution in [0.25, 0.3) is 38.5 Å². The highest BCUT2D eigenvalue weighted by Gasteiger charge is 2.45. The van der Waals surface area contributed by atoms with Crippen molar-refractivity contribution in [3.05, 3.63) is 234 Å². The summed E-state index contributed by atoms with van der Waals surface area (Å²) in [6.07, 6.45) is 4.26. The molecule has 1 aliphatic carbocycles. The molecule has 11 aromatic rings. The Morgan fingerprint density at radius 3 is 1.74 bits per heavy atom. The van der Waals surface area contributed by atoms with Gasteiger partial charge in [0.1, 0.15) is 22.5 Å². The Hall–Kier alpha value is -8.48. The fraction of sp³-hybridized carbons (Fsp3) is 0.147. The summed E-state index contributed by atoms with van der Waals surface area (Å²) in [5.74, 6) is 1.08. The van der Waals surface area contributed by atoms with Gasteiger partial charge in [0, 0.05) is 85.4 Å². The first kappa shape index (κ1) is 44.2. The van der Waals surface area contributed by atoms with Gasteiger partial charge in [-0.15, -0.1) is 0 Å². The van der Waals surface area contributed by atoms with E-state index in [4.69, 9.17) is 8.83 Å². The zero-order valence-corrected chi connectivity index (χ0v) is 42.8. The quantitative estimate of drug-likeness (QED) is 0.155. The van der Waals surface area contributed by atoms with Crippen LogP contribution in [0, 0.1) is 0 Å². The lowest BCUT2D eigenvalue weighted by molar-refractivity contribution is 0.545. The molecule has 358 valence electrons. The molecule has 0 fully saturated rings. The molecule has 0 saturated carbocycles. The Morgan fingerprint density at radius 2 is 1.05 bits per heavy atom. The smallest absolute Gasteiger partial charge is 0.252 e. The molecule has 6 heteroatoms. The molecular formula is C68H56BN3O2. The van der Waals surface area contributed by atoms with Crippen LogP contribution >= 0.6 is 0 Å². The number of para-hydroxylation sites is 4. The summed E-state index contributed by atoms with van der Waals surface area (Å²) in [6, 6.07) is 73.9. The number of fused-ring (bicyclic) bond motifs is 10. The molecule has 0 unspecified atom stereocenters. The highest BCUT2D eigenvalue weighted by Crippen LogP contribution is 2.49. The zero-order chi connectivity index (χ0) is 50.0. The summed E-state index contributed by atoms with van der Waals surface area (Å²) >= 11 is 0. The molecule has 0 saturated heterocycles. The number of allylic oxidation sites excluding steroid dienone is 1. The Balaban J connectivity index is 1.03. The van der Waals surface area contributed by atoms with E-state index in [0.29, 0.717) is 0 Å². The normalized spacial score (nSPS) is 14.0. The van der Waals surface area contributed by atoms with Crippen LogP contribution in [0.15, 0.2) is 215 Å². The molecule has 0 atom stereocenters. The molecule has 5 nitrogen and oxygen atoms in total. The molecule has 0 radical (unpaired) electrons. The SMILES string of the molecule is CC(C)(C)c1ccc2c(c1)B1c3ccc(N(c4ccccc4)c4ccccc4)cc3N(c3ccc4c(c3)oc3ccccc34)c3cc(C(C)(C)C)cc(c31)N2c1ccc(C2=CCCc3oc4ccccc4c32)cc1. The number of aryl methyl sites for hydroxylation is 1. The van der Waals surface area contributed by atoms with Gasteiger partial charge in [-0.3, -0.25) is 0 Å². The van der Waals surface area contributed by atoms with Gasteiger partial charge < -0.3 is 23.5 Å². The topological polar surface area (TPSA) is 36.0 Å². The molecule has 0 bridgehead atoms. The molecule has 4 heterocycles. The molecule has 3 aliphatic rings. The maximum atomic E-state index is 6.70. The lowest BCUT2D eigenvalue weighted by Gasteiger charge is -2.45. The number of rotatable bonds is 6. The number of hydrogen-bond donors (Lipinski definition) is 0. The van der Waals surface area contributed by atoms with Gasteiger partial charge in [0.15, 0.2) is 0 Å². The van der Waals surface area contributed by atoms with Crippen LogP contribution in [0.5, 0.6) is 0 Å². The van der Waals surface area contributed by atoms with E-state index in [9.17, 15) is 0 Å². The fourth-order valence-electron chi connectivity index (χ4n) is 12.1. The van der Waals surface area contributed by atoms with E-state index in [-0.39, 0.29) is 17.5 Å². The predicted molar refractivity (Wildman–Crippen MR) is 311 cm³/mol. The van der Waals surface area contributed by atoms with Crippen molar-refractivity contribution in [2.24, 2.45) is 0 Å². The largest absolute Gasteiger partial charge is 0.460 e.